The van der Waals surface area contributed by atoms with Crippen LogP contribution in [0, 0.1) is 0 Å². The number of carbonyl (C=O) groups is 2. The molecule has 1 spiro atoms. The van der Waals surface area contributed by atoms with Crippen molar-refractivity contribution in [3.8, 4) is 0 Å². The van der Waals surface area contributed by atoms with E-state index in [2.05, 4.69) is 20.5 Å². The van der Waals surface area contributed by atoms with Crippen molar-refractivity contribution in [1.82, 2.24) is 25.5 Å². The van der Waals surface area contributed by atoms with E-state index in [1.54, 1.807) is 0 Å². The molecule has 0 radical (unpaired) electrons. The quantitative estimate of drug-likeness (QED) is 0.590. The minimum absolute atomic E-state index is 0.0355. The van der Waals surface area contributed by atoms with Crippen LogP contribution in [-0.2, 0) is 21.4 Å². The highest BCUT2D eigenvalue weighted by Crippen LogP contribution is 2.44. The van der Waals surface area contributed by atoms with Crippen LogP contribution in [0.2, 0.25) is 0 Å². The topological polar surface area (TPSA) is 120 Å². The number of amides is 3. The van der Waals surface area contributed by atoms with Crippen LogP contribution < -0.4 is 21.1 Å². The average molecular weight is 402 g/mol. The number of morpholine rings is 1. The molecule has 29 heavy (non-hydrogen) atoms. The number of nitrogens with zero attached hydrogens (tertiary/aromatic N) is 3. The third-order valence-corrected chi connectivity index (χ3v) is 6.77. The zero-order valence-electron chi connectivity index (χ0n) is 16.3. The second-order valence-electron chi connectivity index (χ2n) is 8.33. The van der Waals surface area contributed by atoms with Crippen LogP contribution in [0.4, 0.5) is 10.7 Å². The van der Waals surface area contributed by atoms with Gasteiger partial charge in [0.05, 0.1) is 18.9 Å². The van der Waals surface area contributed by atoms with Gasteiger partial charge >= 0.3 is 6.03 Å². The Morgan fingerprint density at radius 3 is 2.55 bits per heavy atom. The monoisotopic (exact) mass is 402 g/mol. The highest BCUT2D eigenvalue weighted by Gasteiger charge is 2.45. The molecular weight excluding hydrogens is 376 g/mol. The van der Waals surface area contributed by atoms with Crippen LogP contribution in [-0.4, -0.2) is 78.8 Å². The number of nitrogens with one attached hydrogen (secondary N) is 3. The molecule has 1 aromatic rings. The number of carbonyl (C=O) groups excluding carboxylic acids is 2. The van der Waals surface area contributed by atoms with Crippen LogP contribution in [0.25, 0.3) is 0 Å². The van der Waals surface area contributed by atoms with E-state index in [-0.39, 0.29) is 22.9 Å². The summed E-state index contributed by atoms with van der Waals surface area (Å²) in [5.74, 6) is 0.598. The number of hydrogen-bond donors (Lipinski definition) is 3. The second-order valence-corrected chi connectivity index (χ2v) is 8.33. The predicted molar refractivity (Wildman–Crippen MR) is 104 cm³/mol. The van der Waals surface area contributed by atoms with Crippen LogP contribution in [0.3, 0.4) is 0 Å². The molecule has 4 aliphatic rings. The van der Waals surface area contributed by atoms with E-state index in [0.717, 1.165) is 50.0 Å². The Balaban J connectivity index is 1.35. The molecule has 3 saturated heterocycles. The maximum absolute atomic E-state index is 12.7. The van der Waals surface area contributed by atoms with Gasteiger partial charge in [0, 0.05) is 43.7 Å². The number of piperidine rings is 1. The zero-order valence-corrected chi connectivity index (χ0v) is 16.3. The molecule has 3 aliphatic heterocycles. The van der Waals surface area contributed by atoms with Gasteiger partial charge in [0.15, 0.2) is 0 Å². The minimum atomic E-state index is -0.485. The molecule has 1 unspecified atom stereocenters. The normalized spacial score (nSPS) is 25.7. The largest absolute Gasteiger partial charge is 0.378 e. The summed E-state index contributed by atoms with van der Waals surface area (Å²) in [5, 5.41) is 5.30. The Morgan fingerprint density at radius 2 is 1.86 bits per heavy atom. The Morgan fingerprint density at radius 1 is 1.10 bits per heavy atom. The van der Waals surface area contributed by atoms with Gasteiger partial charge in [-0.3, -0.25) is 14.6 Å². The van der Waals surface area contributed by atoms with Gasteiger partial charge in [0.2, 0.25) is 11.9 Å². The van der Waals surface area contributed by atoms with E-state index in [4.69, 9.17) is 9.72 Å². The summed E-state index contributed by atoms with van der Waals surface area (Å²) in [5.41, 5.74) is 1.55. The Hall–Kier alpha value is -2.62. The summed E-state index contributed by atoms with van der Waals surface area (Å²) in [6, 6.07) is -0.776. The first-order chi connectivity index (χ1) is 14.1. The number of likely N-dealkylation sites (tertiary alicyclic amines) is 1. The van der Waals surface area contributed by atoms with Crippen molar-refractivity contribution < 1.29 is 14.3 Å². The fraction of sp³-hybridized carbons (Fsp3) is 0.684. The van der Waals surface area contributed by atoms with Gasteiger partial charge in [-0.25, -0.2) is 9.78 Å². The fourth-order valence-electron chi connectivity index (χ4n) is 5.03. The highest BCUT2D eigenvalue weighted by atomic mass is 16.5. The molecule has 4 heterocycles. The summed E-state index contributed by atoms with van der Waals surface area (Å²) in [7, 11) is 0. The molecule has 3 N–H and O–H groups in total. The summed E-state index contributed by atoms with van der Waals surface area (Å²) >= 11 is 0. The van der Waals surface area contributed by atoms with Crippen molar-refractivity contribution in [2.45, 2.75) is 37.1 Å². The molecule has 5 rings (SSSR count). The Bertz CT molecular complexity index is 885. The van der Waals surface area contributed by atoms with Crippen molar-refractivity contribution in [3.63, 3.8) is 0 Å². The van der Waals surface area contributed by atoms with E-state index in [1.807, 2.05) is 4.90 Å². The number of anilines is 1. The molecule has 1 atom stereocenters. The standard InChI is InChI=1S/C19H26N6O4/c26-15-12-1-2-19(14(12)22-17(23-15)25-7-9-29-10-8-25)3-5-24(6-4-19)16(27)13-11-20-18(28)21-13/h13H,1-11H2,(H2,20,21,28)(H,22,23,26). The van der Waals surface area contributed by atoms with E-state index >= 15 is 0 Å². The lowest BCUT2D eigenvalue weighted by Crippen LogP contribution is -2.51. The minimum Gasteiger partial charge on any atom is -0.378 e. The number of hydrogen-bond acceptors (Lipinski definition) is 6. The van der Waals surface area contributed by atoms with Crippen molar-refractivity contribution in [3.05, 3.63) is 21.6 Å². The van der Waals surface area contributed by atoms with Crippen molar-refractivity contribution in [2.75, 3.05) is 50.8 Å². The first-order valence-electron chi connectivity index (χ1n) is 10.4. The summed E-state index contributed by atoms with van der Waals surface area (Å²) in [4.78, 5) is 48.5. The lowest BCUT2D eigenvalue weighted by Gasteiger charge is -2.40. The van der Waals surface area contributed by atoms with Gasteiger partial charge in [0.25, 0.3) is 5.56 Å². The fourth-order valence-corrected chi connectivity index (χ4v) is 5.03. The molecule has 0 bridgehead atoms. The number of fused-ring (bicyclic) bond motifs is 2. The summed E-state index contributed by atoms with van der Waals surface area (Å²) < 4.78 is 5.41. The molecule has 1 aromatic heterocycles. The van der Waals surface area contributed by atoms with E-state index in [1.165, 1.54) is 0 Å². The van der Waals surface area contributed by atoms with E-state index < -0.39 is 6.04 Å². The van der Waals surface area contributed by atoms with Gasteiger partial charge in [-0.1, -0.05) is 0 Å². The first kappa shape index (κ1) is 18.4. The maximum Gasteiger partial charge on any atom is 0.315 e. The Labute approximate surface area is 168 Å². The molecule has 10 heteroatoms. The predicted octanol–water partition coefficient (Wildman–Crippen LogP) is -0.906. The molecule has 156 valence electrons. The number of H-pyrrole nitrogens is 1. The lowest BCUT2D eigenvalue weighted by atomic mass is 9.76. The van der Waals surface area contributed by atoms with Gasteiger partial charge in [-0.2, -0.15) is 0 Å². The summed E-state index contributed by atoms with van der Waals surface area (Å²) in [6.07, 6.45) is 3.21. The average Bonchev–Trinajstić information content (AvgIpc) is 3.33. The smallest absolute Gasteiger partial charge is 0.315 e. The zero-order chi connectivity index (χ0) is 20.0. The molecule has 10 nitrogen and oxygen atoms in total. The number of urea groups is 1. The van der Waals surface area contributed by atoms with Crippen molar-refractivity contribution in [1.29, 1.82) is 0 Å². The number of ether oxygens (including phenoxy) is 1. The molecule has 0 saturated carbocycles. The van der Waals surface area contributed by atoms with Crippen LogP contribution >= 0.6 is 0 Å². The third kappa shape index (κ3) is 3.15. The van der Waals surface area contributed by atoms with Gasteiger partial charge in [-0.15, -0.1) is 0 Å². The molecule has 3 amide bonds. The molecule has 3 fully saturated rings. The third-order valence-electron chi connectivity index (χ3n) is 6.77. The highest BCUT2D eigenvalue weighted by molar-refractivity contribution is 5.90. The van der Waals surface area contributed by atoms with E-state index in [0.29, 0.717) is 38.8 Å². The second kappa shape index (κ2) is 7.01. The molecule has 0 aromatic carbocycles. The molecular formula is C19H26N6O4. The van der Waals surface area contributed by atoms with Crippen molar-refractivity contribution >= 4 is 17.9 Å². The summed E-state index contributed by atoms with van der Waals surface area (Å²) in [6.45, 7) is 4.28. The SMILES string of the molecule is O=C1NCC(C(=O)N2CCC3(CCc4c3nc(N3CCOCC3)[nH]c4=O)CC2)N1. The number of rotatable bonds is 2. The van der Waals surface area contributed by atoms with Crippen molar-refractivity contribution in [2.24, 2.45) is 0 Å². The number of aromatic amines is 1. The first-order valence-corrected chi connectivity index (χ1v) is 10.4. The van der Waals surface area contributed by atoms with Gasteiger partial charge in [0.1, 0.15) is 6.04 Å². The Kier molecular flexibility index (Phi) is 4.45. The maximum atomic E-state index is 12.7. The van der Waals surface area contributed by atoms with E-state index in [9.17, 15) is 14.4 Å². The van der Waals surface area contributed by atoms with Gasteiger partial charge < -0.3 is 25.2 Å². The van der Waals surface area contributed by atoms with Gasteiger partial charge in [-0.05, 0) is 25.7 Å². The molecule has 1 aliphatic carbocycles. The van der Waals surface area contributed by atoms with Crippen LogP contribution in [0.5, 0.6) is 0 Å². The van der Waals surface area contributed by atoms with Crippen LogP contribution in [0.15, 0.2) is 4.79 Å². The number of aromatic nitrogens is 2. The van der Waals surface area contributed by atoms with Crippen LogP contribution in [0.1, 0.15) is 30.5 Å². The lowest BCUT2D eigenvalue weighted by molar-refractivity contribution is -0.134.